The van der Waals surface area contributed by atoms with Crippen LogP contribution in [0.2, 0.25) is 0 Å². The first-order valence-corrected chi connectivity index (χ1v) is 6.40. The molecule has 1 fully saturated rings. The number of anilines is 2. The number of hydrogen-bond donors (Lipinski definition) is 3. The topological polar surface area (TPSA) is 87.4 Å². The Morgan fingerprint density at radius 3 is 2.58 bits per heavy atom. The Labute approximate surface area is 112 Å². The standard InChI is InChI=1S/C13H19N3O3/c1-14-10-6-11(8-12(7-10)16(18)19)15-9-13(2-3-13)4-5-17/h6-8,14-15,17H,2-5,9H2,1H3. The molecule has 0 amide bonds. The van der Waals surface area contributed by atoms with Gasteiger partial charge in [0.15, 0.2) is 0 Å². The maximum absolute atomic E-state index is 10.9. The molecule has 1 aromatic rings. The van der Waals surface area contributed by atoms with E-state index in [0.717, 1.165) is 31.5 Å². The van der Waals surface area contributed by atoms with Crippen molar-refractivity contribution in [2.75, 3.05) is 30.8 Å². The second-order valence-corrected chi connectivity index (χ2v) is 5.10. The molecule has 0 aromatic heterocycles. The number of nitro groups is 1. The van der Waals surface area contributed by atoms with E-state index in [1.165, 1.54) is 12.1 Å². The van der Waals surface area contributed by atoms with Crippen molar-refractivity contribution in [1.82, 2.24) is 0 Å². The Morgan fingerprint density at radius 2 is 2.05 bits per heavy atom. The van der Waals surface area contributed by atoms with Crippen molar-refractivity contribution in [3.05, 3.63) is 28.3 Å². The highest BCUT2D eigenvalue weighted by molar-refractivity contribution is 5.63. The molecule has 0 bridgehead atoms. The smallest absolute Gasteiger partial charge is 0.273 e. The number of nitrogens with one attached hydrogen (secondary N) is 2. The number of rotatable bonds is 7. The summed E-state index contributed by atoms with van der Waals surface area (Å²) in [7, 11) is 1.73. The van der Waals surface area contributed by atoms with Crippen molar-refractivity contribution in [3.8, 4) is 0 Å². The van der Waals surface area contributed by atoms with E-state index >= 15 is 0 Å². The molecular weight excluding hydrogens is 246 g/mol. The number of aliphatic hydroxyl groups excluding tert-OH is 1. The molecule has 6 nitrogen and oxygen atoms in total. The van der Waals surface area contributed by atoms with Crippen LogP contribution in [-0.4, -0.2) is 30.2 Å². The van der Waals surface area contributed by atoms with Crippen LogP contribution in [0.5, 0.6) is 0 Å². The number of nitro benzene ring substituents is 1. The second-order valence-electron chi connectivity index (χ2n) is 5.10. The first kappa shape index (κ1) is 13.6. The first-order valence-electron chi connectivity index (χ1n) is 6.40. The molecule has 0 aliphatic heterocycles. The van der Waals surface area contributed by atoms with Crippen LogP contribution in [0.4, 0.5) is 17.1 Å². The van der Waals surface area contributed by atoms with Crippen LogP contribution < -0.4 is 10.6 Å². The van der Waals surface area contributed by atoms with E-state index in [1.54, 1.807) is 7.05 Å². The molecule has 1 saturated carbocycles. The van der Waals surface area contributed by atoms with Crippen molar-refractivity contribution < 1.29 is 10.0 Å². The average molecular weight is 265 g/mol. The monoisotopic (exact) mass is 265 g/mol. The fraction of sp³-hybridized carbons (Fsp3) is 0.538. The van der Waals surface area contributed by atoms with E-state index < -0.39 is 4.92 Å². The van der Waals surface area contributed by atoms with E-state index in [4.69, 9.17) is 5.11 Å². The first-order chi connectivity index (χ1) is 9.08. The molecule has 0 unspecified atom stereocenters. The highest BCUT2D eigenvalue weighted by Gasteiger charge is 2.41. The lowest BCUT2D eigenvalue weighted by atomic mass is 10.0. The quantitative estimate of drug-likeness (QED) is 0.519. The number of aliphatic hydroxyl groups is 1. The Balaban J connectivity index is 2.07. The predicted molar refractivity (Wildman–Crippen MR) is 74.5 cm³/mol. The Hall–Kier alpha value is -1.82. The summed E-state index contributed by atoms with van der Waals surface area (Å²) in [5.74, 6) is 0. The highest BCUT2D eigenvalue weighted by atomic mass is 16.6. The largest absolute Gasteiger partial charge is 0.396 e. The van der Waals surface area contributed by atoms with Crippen molar-refractivity contribution in [1.29, 1.82) is 0 Å². The lowest BCUT2D eigenvalue weighted by Crippen LogP contribution is -2.16. The molecule has 0 radical (unpaired) electrons. The summed E-state index contributed by atoms with van der Waals surface area (Å²) in [4.78, 5) is 10.5. The molecule has 1 aromatic carbocycles. The van der Waals surface area contributed by atoms with Crippen LogP contribution in [0.25, 0.3) is 0 Å². The van der Waals surface area contributed by atoms with Gasteiger partial charge < -0.3 is 15.7 Å². The molecule has 2 rings (SSSR count). The van der Waals surface area contributed by atoms with Crippen LogP contribution in [0.15, 0.2) is 18.2 Å². The number of benzene rings is 1. The Bertz CT molecular complexity index is 472. The molecule has 1 aliphatic carbocycles. The third kappa shape index (κ3) is 3.35. The van der Waals surface area contributed by atoms with Crippen LogP contribution in [-0.2, 0) is 0 Å². The summed E-state index contributed by atoms with van der Waals surface area (Å²) in [6.07, 6.45) is 3.00. The van der Waals surface area contributed by atoms with Gasteiger partial charge in [-0.3, -0.25) is 10.1 Å². The maximum atomic E-state index is 10.9. The fourth-order valence-electron chi connectivity index (χ4n) is 2.18. The molecule has 104 valence electrons. The molecule has 0 heterocycles. The van der Waals surface area contributed by atoms with Gasteiger partial charge in [-0.25, -0.2) is 0 Å². The zero-order valence-corrected chi connectivity index (χ0v) is 11.0. The minimum absolute atomic E-state index is 0.0707. The van der Waals surface area contributed by atoms with Gasteiger partial charge in [-0.05, 0) is 30.7 Å². The second kappa shape index (κ2) is 5.44. The van der Waals surface area contributed by atoms with Gasteiger partial charge in [0, 0.05) is 43.7 Å². The van der Waals surface area contributed by atoms with Gasteiger partial charge in [-0.2, -0.15) is 0 Å². The minimum atomic E-state index is -0.396. The maximum Gasteiger partial charge on any atom is 0.273 e. The lowest BCUT2D eigenvalue weighted by molar-refractivity contribution is -0.384. The summed E-state index contributed by atoms with van der Waals surface area (Å²) < 4.78 is 0. The van der Waals surface area contributed by atoms with Gasteiger partial charge in [-0.15, -0.1) is 0 Å². The van der Waals surface area contributed by atoms with Gasteiger partial charge >= 0.3 is 0 Å². The number of hydrogen-bond acceptors (Lipinski definition) is 5. The lowest BCUT2D eigenvalue weighted by Gasteiger charge is -2.16. The molecule has 0 atom stereocenters. The van der Waals surface area contributed by atoms with E-state index in [1.807, 2.05) is 6.07 Å². The zero-order valence-electron chi connectivity index (χ0n) is 11.0. The molecule has 19 heavy (non-hydrogen) atoms. The SMILES string of the molecule is CNc1cc(NCC2(CCO)CC2)cc([N+](=O)[O-])c1. The Morgan fingerprint density at radius 1 is 1.37 bits per heavy atom. The highest BCUT2D eigenvalue weighted by Crippen LogP contribution is 2.48. The molecule has 1 aliphatic rings. The molecule has 0 spiro atoms. The van der Waals surface area contributed by atoms with Gasteiger partial charge in [0.1, 0.15) is 0 Å². The van der Waals surface area contributed by atoms with E-state index in [-0.39, 0.29) is 17.7 Å². The number of non-ortho nitro benzene ring substituents is 1. The van der Waals surface area contributed by atoms with Crippen LogP contribution in [0.1, 0.15) is 19.3 Å². The van der Waals surface area contributed by atoms with Gasteiger partial charge in [0.2, 0.25) is 0 Å². The van der Waals surface area contributed by atoms with Crippen LogP contribution in [0, 0.1) is 15.5 Å². The van der Waals surface area contributed by atoms with E-state index in [2.05, 4.69) is 10.6 Å². The predicted octanol–water partition coefficient (Wildman–Crippen LogP) is 2.21. The van der Waals surface area contributed by atoms with Crippen LogP contribution in [0.3, 0.4) is 0 Å². The third-order valence-electron chi connectivity index (χ3n) is 3.68. The molecular formula is C13H19N3O3. The Kier molecular flexibility index (Phi) is 3.90. The van der Waals surface area contributed by atoms with Gasteiger partial charge in [0.05, 0.1) is 4.92 Å². The van der Waals surface area contributed by atoms with E-state index in [0.29, 0.717) is 5.69 Å². The molecule has 0 saturated heterocycles. The van der Waals surface area contributed by atoms with Crippen molar-refractivity contribution in [2.45, 2.75) is 19.3 Å². The molecule has 6 heteroatoms. The summed E-state index contributed by atoms with van der Waals surface area (Å²) in [6.45, 7) is 0.941. The summed E-state index contributed by atoms with van der Waals surface area (Å²) in [5, 5.41) is 26.0. The fourth-order valence-corrected chi connectivity index (χ4v) is 2.18. The average Bonchev–Trinajstić information content (AvgIpc) is 3.17. The van der Waals surface area contributed by atoms with E-state index in [9.17, 15) is 10.1 Å². The normalized spacial score (nSPS) is 15.9. The summed E-state index contributed by atoms with van der Waals surface area (Å²) in [5.41, 5.74) is 1.70. The zero-order chi connectivity index (χ0) is 13.9. The van der Waals surface area contributed by atoms with Crippen molar-refractivity contribution in [3.63, 3.8) is 0 Å². The van der Waals surface area contributed by atoms with Crippen molar-refractivity contribution in [2.24, 2.45) is 5.41 Å². The van der Waals surface area contributed by atoms with Gasteiger partial charge in [0.25, 0.3) is 5.69 Å². The minimum Gasteiger partial charge on any atom is -0.396 e. The molecule has 3 N–H and O–H groups in total. The summed E-state index contributed by atoms with van der Waals surface area (Å²) in [6, 6.07) is 4.89. The summed E-state index contributed by atoms with van der Waals surface area (Å²) >= 11 is 0. The van der Waals surface area contributed by atoms with Crippen molar-refractivity contribution >= 4 is 17.1 Å². The number of nitrogens with zero attached hydrogens (tertiary/aromatic N) is 1. The van der Waals surface area contributed by atoms with Crippen LogP contribution >= 0.6 is 0 Å². The van der Waals surface area contributed by atoms with Gasteiger partial charge in [-0.1, -0.05) is 0 Å². The third-order valence-corrected chi connectivity index (χ3v) is 3.68.